The van der Waals surface area contributed by atoms with E-state index in [0.717, 1.165) is 42.7 Å². The van der Waals surface area contributed by atoms with Crippen LogP contribution in [-0.2, 0) is 0 Å². The molecule has 28 heavy (non-hydrogen) atoms. The van der Waals surface area contributed by atoms with Crippen LogP contribution in [0, 0.1) is 0 Å². The number of nitrogens with zero attached hydrogens (tertiary/aromatic N) is 5. The Bertz CT molecular complexity index is 937. The van der Waals surface area contributed by atoms with E-state index in [4.69, 9.17) is 0 Å². The molecule has 0 unspecified atom stereocenters. The normalized spacial score (nSPS) is 14.8. The molecule has 0 atom stereocenters. The second-order valence-corrected chi connectivity index (χ2v) is 7.39. The van der Waals surface area contributed by atoms with E-state index in [1.165, 1.54) is 0 Å². The molecule has 0 spiro atoms. The fraction of sp³-hybridized carbons (Fsp3) is 0.300. The van der Waals surface area contributed by atoms with Crippen molar-refractivity contribution in [1.29, 1.82) is 0 Å². The second-order valence-electron chi connectivity index (χ2n) is 6.62. The topological polar surface area (TPSA) is 75.9 Å². The van der Waals surface area contributed by atoms with Crippen molar-refractivity contribution < 1.29 is 4.79 Å². The van der Waals surface area contributed by atoms with Crippen molar-refractivity contribution in [2.75, 3.05) is 24.2 Å². The fourth-order valence-electron chi connectivity index (χ4n) is 3.38. The first kappa shape index (κ1) is 18.5. The molecule has 0 bridgehead atoms. The minimum Gasteiger partial charge on any atom is -0.349 e. The van der Waals surface area contributed by atoms with Gasteiger partial charge in [-0.3, -0.25) is 9.36 Å². The summed E-state index contributed by atoms with van der Waals surface area (Å²) in [6.45, 7) is 1.67. The van der Waals surface area contributed by atoms with Gasteiger partial charge in [0.2, 0.25) is 5.95 Å². The average Bonchev–Trinajstić information content (AvgIpc) is 3.24. The molecule has 1 saturated heterocycles. The Kier molecular flexibility index (Phi) is 5.57. The first-order chi connectivity index (χ1) is 13.7. The van der Waals surface area contributed by atoms with Crippen LogP contribution >= 0.6 is 11.8 Å². The van der Waals surface area contributed by atoms with Crippen molar-refractivity contribution in [1.82, 2.24) is 24.8 Å². The number of carbonyl (C=O) groups excluding carboxylic acids is 1. The summed E-state index contributed by atoms with van der Waals surface area (Å²) in [7, 11) is 0. The molecule has 7 nitrogen and oxygen atoms in total. The molecule has 1 aliphatic rings. The lowest BCUT2D eigenvalue weighted by Crippen LogP contribution is -2.45. The molecule has 1 N–H and O–H groups in total. The number of hydrogen-bond acceptors (Lipinski definition) is 6. The maximum Gasteiger partial charge on any atom is 0.251 e. The van der Waals surface area contributed by atoms with Gasteiger partial charge in [0.25, 0.3) is 5.91 Å². The molecule has 1 aliphatic heterocycles. The molecule has 144 valence electrons. The number of nitrogens with one attached hydrogen (secondary N) is 1. The predicted molar refractivity (Wildman–Crippen MR) is 110 cm³/mol. The zero-order valence-electron chi connectivity index (χ0n) is 15.7. The minimum atomic E-state index is -0.0397. The van der Waals surface area contributed by atoms with E-state index in [1.54, 1.807) is 30.4 Å². The highest BCUT2D eigenvalue weighted by atomic mass is 32.2. The summed E-state index contributed by atoms with van der Waals surface area (Å²) in [6.07, 6.45) is 10.9. The molecule has 3 heterocycles. The van der Waals surface area contributed by atoms with Gasteiger partial charge >= 0.3 is 0 Å². The van der Waals surface area contributed by atoms with E-state index in [-0.39, 0.29) is 11.9 Å². The zero-order chi connectivity index (χ0) is 19.3. The largest absolute Gasteiger partial charge is 0.349 e. The van der Waals surface area contributed by atoms with Crippen LogP contribution in [-0.4, -0.2) is 50.8 Å². The smallest absolute Gasteiger partial charge is 0.251 e. The van der Waals surface area contributed by atoms with Crippen molar-refractivity contribution in [3.8, 4) is 5.69 Å². The Morgan fingerprint density at radius 1 is 1.11 bits per heavy atom. The van der Waals surface area contributed by atoms with Gasteiger partial charge in [0.05, 0.1) is 0 Å². The van der Waals surface area contributed by atoms with Crippen LogP contribution in [0.3, 0.4) is 0 Å². The third-order valence-electron chi connectivity index (χ3n) is 4.84. The molecular formula is C20H22N6OS. The lowest BCUT2D eigenvalue weighted by molar-refractivity contribution is 0.0931. The number of thioether (sulfide) groups is 1. The molecule has 8 heteroatoms. The number of amides is 1. The van der Waals surface area contributed by atoms with Crippen LogP contribution in [0.4, 0.5) is 5.95 Å². The Morgan fingerprint density at radius 3 is 2.64 bits per heavy atom. The number of rotatable bonds is 5. The van der Waals surface area contributed by atoms with Crippen molar-refractivity contribution >= 4 is 23.6 Å². The zero-order valence-corrected chi connectivity index (χ0v) is 16.5. The summed E-state index contributed by atoms with van der Waals surface area (Å²) in [5, 5.41) is 4.07. The Morgan fingerprint density at radius 2 is 1.89 bits per heavy atom. The minimum absolute atomic E-state index is 0.0397. The molecule has 1 fully saturated rings. The van der Waals surface area contributed by atoms with E-state index in [0.29, 0.717) is 5.56 Å². The van der Waals surface area contributed by atoms with Crippen LogP contribution in [0.15, 0.2) is 60.3 Å². The van der Waals surface area contributed by atoms with Crippen molar-refractivity contribution in [3.05, 3.63) is 60.7 Å². The van der Waals surface area contributed by atoms with Crippen molar-refractivity contribution in [2.24, 2.45) is 0 Å². The van der Waals surface area contributed by atoms with Gasteiger partial charge in [-0.25, -0.2) is 15.0 Å². The summed E-state index contributed by atoms with van der Waals surface area (Å²) in [5.74, 6) is 0.715. The third kappa shape index (κ3) is 4.01. The lowest BCUT2D eigenvalue weighted by Gasteiger charge is -2.32. The fourth-order valence-corrected chi connectivity index (χ4v) is 3.91. The van der Waals surface area contributed by atoms with Gasteiger partial charge in [-0.05, 0) is 43.4 Å². The number of hydrogen-bond donors (Lipinski definition) is 1. The summed E-state index contributed by atoms with van der Waals surface area (Å²) in [4.78, 5) is 27.8. The predicted octanol–water partition coefficient (Wildman–Crippen LogP) is 2.78. The Balaban J connectivity index is 1.39. The van der Waals surface area contributed by atoms with E-state index in [9.17, 15) is 4.79 Å². The van der Waals surface area contributed by atoms with Gasteiger partial charge < -0.3 is 10.2 Å². The number of aromatic nitrogens is 4. The maximum atomic E-state index is 12.8. The van der Waals surface area contributed by atoms with Crippen molar-refractivity contribution in [3.63, 3.8) is 0 Å². The molecular weight excluding hydrogens is 372 g/mol. The van der Waals surface area contributed by atoms with Crippen LogP contribution < -0.4 is 10.2 Å². The molecule has 3 aromatic rings. The van der Waals surface area contributed by atoms with E-state index in [1.807, 2.05) is 47.4 Å². The lowest BCUT2D eigenvalue weighted by atomic mass is 10.0. The highest BCUT2D eigenvalue weighted by Crippen LogP contribution is 2.20. The van der Waals surface area contributed by atoms with E-state index >= 15 is 0 Å². The van der Waals surface area contributed by atoms with E-state index in [2.05, 4.69) is 25.2 Å². The van der Waals surface area contributed by atoms with Crippen LogP contribution in [0.1, 0.15) is 23.2 Å². The molecule has 2 aromatic heterocycles. The van der Waals surface area contributed by atoms with Gasteiger partial charge in [0, 0.05) is 55.2 Å². The molecule has 0 radical (unpaired) electrons. The molecule has 0 saturated carbocycles. The molecule has 4 rings (SSSR count). The van der Waals surface area contributed by atoms with Gasteiger partial charge in [0.1, 0.15) is 0 Å². The average molecular weight is 395 g/mol. The van der Waals surface area contributed by atoms with E-state index < -0.39 is 0 Å². The summed E-state index contributed by atoms with van der Waals surface area (Å²) >= 11 is 1.57. The molecule has 0 aliphatic carbocycles. The number of imidazole rings is 1. The second kappa shape index (κ2) is 8.43. The quantitative estimate of drug-likeness (QED) is 0.671. The first-order valence-corrected chi connectivity index (χ1v) is 10.5. The standard InChI is InChI=1S/C20H22N6OS/c1-28-20-23-10-13-26(20)17-5-2-4-15(14-17)18(27)24-16-6-11-25(12-7-16)19-21-8-3-9-22-19/h2-5,8-10,13-14,16H,6-7,11-12H2,1H3,(H,24,27). The number of benzene rings is 1. The first-order valence-electron chi connectivity index (χ1n) is 9.25. The van der Waals surface area contributed by atoms with Crippen LogP contribution in [0.25, 0.3) is 5.69 Å². The number of anilines is 1. The number of carbonyl (C=O) groups is 1. The third-order valence-corrected chi connectivity index (χ3v) is 5.51. The maximum absolute atomic E-state index is 12.8. The van der Waals surface area contributed by atoms with Gasteiger partial charge in [-0.1, -0.05) is 17.8 Å². The molecule has 1 aromatic carbocycles. The SMILES string of the molecule is CSc1nccn1-c1cccc(C(=O)NC2CCN(c3ncccn3)CC2)c1. The highest BCUT2D eigenvalue weighted by molar-refractivity contribution is 7.98. The highest BCUT2D eigenvalue weighted by Gasteiger charge is 2.22. The summed E-state index contributed by atoms with van der Waals surface area (Å²) in [6, 6.07) is 9.62. The van der Waals surface area contributed by atoms with Gasteiger partial charge in [0.15, 0.2) is 5.16 Å². The monoisotopic (exact) mass is 394 g/mol. The van der Waals surface area contributed by atoms with Gasteiger partial charge in [-0.2, -0.15) is 0 Å². The van der Waals surface area contributed by atoms with Gasteiger partial charge in [-0.15, -0.1) is 0 Å². The van der Waals surface area contributed by atoms with Crippen molar-refractivity contribution in [2.45, 2.75) is 24.0 Å². The van der Waals surface area contributed by atoms with Crippen LogP contribution in [0.5, 0.6) is 0 Å². The molecule has 1 amide bonds. The Labute approximate surface area is 168 Å². The number of piperidine rings is 1. The Hall–Kier alpha value is -2.87. The summed E-state index contributed by atoms with van der Waals surface area (Å²) < 4.78 is 1.99. The summed E-state index contributed by atoms with van der Waals surface area (Å²) in [5.41, 5.74) is 1.60. The van der Waals surface area contributed by atoms with Crippen LogP contribution in [0.2, 0.25) is 0 Å².